The van der Waals surface area contributed by atoms with E-state index < -0.39 is 0 Å². The molecular formula is C21H18N4O. The molecule has 0 unspecified atom stereocenters. The highest BCUT2D eigenvalue weighted by Gasteiger charge is 2.18. The Morgan fingerprint density at radius 1 is 1.35 bits per heavy atom. The lowest BCUT2D eigenvalue weighted by Gasteiger charge is -2.05. The number of fused-ring (bicyclic) bond motifs is 1. The van der Waals surface area contributed by atoms with E-state index in [2.05, 4.69) is 27.7 Å². The molecule has 0 aliphatic heterocycles. The van der Waals surface area contributed by atoms with Crippen LogP contribution in [0.3, 0.4) is 0 Å². The number of anilines is 1. The van der Waals surface area contributed by atoms with Gasteiger partial charge in [-0.25, -0.2) is 0 Å². The summed E-state index contributed by atoms with van der Waals surface area (Å²) in [5.41, 5.74) is 4.81. The van der Waals surface area contributed by atoms with Crippen LogP contribution in [0.2, 0.25) is 0 Å². The molecule has 1 aromatic heterocycles. The lowest BCUT2D eigenvalue weighted by atomic mass is 10.0. The molecule has 1 saturated carbocycles. The molecule has 5 nitrogen and oxygen atoms in total. The number of amides is 1. The summed E-state index contributed by atoms with van der Waals surface area (Å²) >= 11 is 0. The third kappa shape index (κ3) is 3.22. The van der Waals surface area contributed by atoms with Gasteiger partial charge in [0.15, 0.2) is 0 Å². The zero-order valence-corrected chi connectivity index (χ0v) is 14.4. The number of nitrogens with one attached hydrogen (secondary N) is 2. The van der Waals surface area contributed by atoms with Gasteiger partial charge in [0.1, 0.15) is 0 Å². The number of benzene rings is 2. The van der Waals surface area contributed by atoms with E-state index in [-0.39, 0.29) is 5.91 Å². The average Bonchev–Trinajstić information content (AvgIpc) is 3.37. The SMILES string of the molecule is CC(=O)Nc1cccc(-c2n[nH]c3cc(C#N)c(/C=C/C4CC4)cc23)c1. The molecule has 0 atom stereocenters. The molecule has 0 radical (unpaired) electrons. The lowest BCUT2D eigenvalue weighted by Crippen LogP contribution is -2.05. The number of hydrogen-bond donors (Lipinski definition) is 2. The number of carbonyl (C=O) groups is 1. The first-order valence-corrected chi connectivity index (χ1v) is 8.62. The minimum atomic E-state index is -0.111. The highest BCUT2D eigenvalue weighted by molar-refractivity contribution is 5.96. The van der Waals surface area contributed by atoms with Gasteiger partial charge >= 0.3 is 0 Å². The van der Waals surface area contributed by atoms with E-state index in [0.717, 1.165) is 33.4 Å². The fourth-order valence-electron chi connectivity index (χ4n) is 3.01. The Labute approximate surface area is 151 Å². The minimum Gasteiger partial charge on any atom is -0.326 e. The molecule has 1 heterocycles. The average molecular weight is 342 g/mol. The summed E-state index contributed by atoms with van der Waals surface area (Å²) in [6.07, 6.45) is 6.68. The van der Waals surface area contributed by atoms with Gasteiger partial charge in [-0.1, -0.05) is 24.3 Å². The molecule has 0 spiro atoms. The van der Waals surface area contributed by atoms with Gasteiger partial charge in [-0.15, -0.1) is 0 Å². The van der Waals surface area contributed by atoms with E-state index in [1.165, 1.54) is 19.8 Å². The van der Waals surface area contributed by atoms with Gasteiger partial charge in [0, 0.05) is 23.6 Å². The number of H-pyrrole nitrogens is 1. The van der Waals surface area contributed by atoms with Crippen molar-refractivity contribution in [2.24, 2.45) is 5.92 Å². The van der Waals surface area contributed by atoms with Crippen molar-refractivity contribution in [3.63, 3.8) is 0 Å². The maximum Gasteiger partial charge on any atom is 0.221 e. The number of nitrogens with zero attached hydrogens (tertiary/aromatic N) is 2. The first-order chi connectivity index (χ1) is 12.6. The zero-order chi connectivity index (χ0) is 18.1. The van der Waals surface area contributed by atoms with E-state index >= 15 is 0 Å². The molecule has 128 valence electrons. The van der Waals surface area contributed by atoms with Crippen molar-refractivity contribution < 1.29 is 4.79 Å². The third-order valence-electron chi connectivity index (χ3n) is 4.48. The monoisotopic (exact) mass is 342 g/mol. The van der Waals surface area contributed by atoms with Crippen LogP contribution >= 0.6 is 0 Å². The summed E-state index contributed by atoms with van der Waals surface area (Å²) in [5, 5.41) is 20.6. The highest BCUT2D eigenvalue weighted by Crippen LogP contribution is 2.33. The van der Waals surface area contributed by atoms with E-state index in [1.54, 1.807) is 0 Å². The molecule has 0 saturated heterocycles. The summed E-state index contributed by atoms with van der Waals surface area (Å²) < 4.78 is 0. The molecule has 2 N–H and O–H groups in total. The van der Waals surface area contributed by atoms with Crippen molar-refractivity contribution in [2.75, 3.05) is 5.32 Å². The van der Waals surface area contributed by atoms with Gasteiger partial charge in [-0.05, 0) is 48.6 Å². The maximum atomic E-state index is 11.3. The van der Waals surface area contributed by atoms with E-state index in [9.17, 15) is 10.1 Å². The van der Waals surface area contributed by atoms with Crippen molar-refractivity contribution in [3.05, 3.63) is 53.6 Å². The first-order valence-electron chi connectivity index (χ1n) is 8.62. The Balaban J connectivity index is 1.80. The van der Waals surface area contributed by atoms with Crippen molar-refractivity contribution in [3.8, 4) is 17.3 Å². The fraction of sp³-hybridized carbons (Fsp3) is 0.190. The van der Waals surface area contributed by atoms with Crippen molar-refractivity contribution in [2.45, 2.75) is 19.8 Å². The summed E-state index contributed by atoms with van der Waals surface area (Å²) in [4.78, 5) is 11.3. The van der Waals surface area contributed by atoms with Crippen LogP contribution in [0.25, 0.3) is 28.2 Å². The Hall–Kier alpha value is -3.39. The van der Waals surface area contributed by atoms with Crippen LogP contribution in [0.15, 0.2) is 42.5 Å². The number of nitriles is 1. The van der Waals surface area contributed by atoms with Crippen molar-refractivity contribution in [1.29, 1.82) is 5.26 Å². The van der Waals surface area contributed by atoms with Gasteiger partial charge in [0.2, 0.25) is 5.91 Å². The minimum absolute atomic E-state index is 0.111. The third-order valence-corrected chi connectivity index (χ3v) is 4.48. The topological polar surface area (TPSA) is 81.6 Å². The molecule has 1 amide bonds. The number of aromatic nitrogens is 2. The van der Waals surface area contributed by atoms with E-state index in [0.29, 0.717) is 11.5 Å². The molecule has 1 aliphatic carbocycles. The Bertz CT molecular complexity index is 1070. The molecule has 4 rings (SSSR count). The molecule has 0 bridgehead atoms. The molecule has 1 fully saturated rings. The summed E-state index contributed by atoms with van der Waals surface area (Å²) in [6, 6.07) is 13.7. The van der Waals surface area contributed by atoms with Crippen molar-refractivity contribution in [1.82, 2.24) is 10.2 Å². The molecule has 26 heavy (non-hydrogen) atoms. The second-order valence-corrected chi connectivity index (χ2v) is 6.63. The number of rotatable bonds is 4. The lowest BCUT2D eigenvalue weighted by molar-refractivity contribution is -0.114. The molecular weight excluding hydrogens is 324 g/mol. The van der Waals surface area contributed by atoms with Gasteiger partial charge in [0.05, 0.1) is 22.8 Å². The Morgan fingerprint density at radius 3 is 2.92 bits per heavy atom. The molecule has 1 aliphatic rings. The smallest absolute Gasteiger partial charge is 0.221 e. The van der Waals surface area contributed by atoms with Crippen LogP contribution in [0.5, 0.6) is 0 Å². The Morgan fingerprint density at radius 2 is 2.19 bits per heavy atom. The largest absolute Gasteiger partial charge is 0.326 e. The standard InChI is InChI=1S/C21H18N4O/c1-13(26)23-18-4-2-3-16(9-18)21-19-10-15(8-7-14-5-6-14)17(12-22)11-20(19)24-25-21/h2-4,7-11,14H,5-6H2,1H3,(H,23,26)(H,24,25)/b8-7+. The summed E-state index contributed by atoms with van der Waals surface area (Å²) in [7, 11) is 0. The normalized spacial score (nSPS) is 13.8. The van der Waals surface area contributed by atoms with Crippen LogP contribution < -0.4 is 5.32 Å². The number of allylic oxidation sites excluding steroid dienone is 1. The predicted molar refractivity (Wildman–Crippen MR) is 102 cm³/mol. The van der Waals surface area contributed by atoms with Crippen LogP contribution in [0.4, 0.5) is 5.69 Å². The van der Waals surface area contributed by atoms with Gasteiger partial charge < -0.3 is 5.32 Å². The van der Waals surface area contributed by atoms with E-state index in [1.807, 2.05) is 42.5 Å². The Kier molecular flexibility index (Phi) is 4.02. The quantitative estimate of drug-likeness (QED) is 0.733. The molecule has 3 aromatic rings. The second kappa shape index (κ2) is 6.49. The second-order valence-electron chi connectivity index (χ2n) is 6.63. The zero-order valence-electron chi connectivity index (χ0n) is 14.4. The van der Waals surface area contributed by atoms with E-state index in [4.69, 9.17) is 0 Å². The number of hydrogen-bond acceptors (Lipinski definition) is 3. The van der Waals surface area contributed by atoms with Crippen LogP contribution in [0, 0.1) is 17.2 Å². The van der Waals surface area contributed by atoms with Gasteiger partial charge in [0.25, 0.3) is 0 Å². The van der Waals surface area contributed by atoms with Gasteiger partial charge in [-0.2, -0.15) is 10.4 Å². The predicted octanol–water partition coefficient (Wildman–Crippen LogP) is 4.48. The van der Waals surface area contributed by atoms with Crippen LogP contribution in [0.1, 0.15) is 30.9 Å². The molecule has 2 aromatic carbocycles. The summed E-state index contributed by atoms with van der Waals surface area (Å²) in [6.45, 7) is 1.48. The summed E-state index contributed by atoms with van der Waals surface area (Å²) in [5.74, 6) is 0.538. The number of aromatic amines is 1. The van der Waals surface area contributed by atoms with Crippen LogP contribution in [-0.2, 0) is 4.79 Å². The molecule has 5 heteroatoms. The van der Waals surface area contributed by atoms with Gasteiger partial charge in [-0.3, -0.25) is 9.89 Å². The maximum absolute atomic E-state index is 11.3. The van der Waals surface area contributed by atoms with Crippen molar-refractivity contribution >= 4 is 28.6 Å². The first kappa shape index (κ1) is 16.1. The number of carbonyl (C=O) groups excluding carboxylic acids is 1. The van der Waals surface area contributed by atoms with Crippen LogP contribution in [-0.4, -0.2) is 16.1 Å². The fourth-order valence-corrected chi connectivity index (χ4v) is 3.01. The highest BCUT2D eigenvalue weighted by atomic mass is 16.1.